The third kappa shape index (κ3) is 3.20. The van der Waals surface area contributed by atoms with Gasteiger partial charge < -0.3 is 4.90 Å². The van der Waals surface area contributed by atoms with Crippen LogP contribution in [0.3, 0.4) is 0 Å². The summed E-state index contributed by atoms with van der Waals surface area (Å²) in [5.74, 6) is 0. The van der Waals surface area contributed by atoms with Gasteiger partial charge in [-0.25, -0.2) is 0 Å². The molecule has 22 heavy (non-hydrogen) atoms. The number of anilines is 3. The van der Waals surface area contributed by atoms with E-state index in [1.54, 1.807) is 0 Å². The number of benzene rings is 3. The zero-order valence-electron chi connectivity index (χ0n) is 12.9. The molecular weight excluding hydrogens is 266 g/mol. The van der Waals surface area contributed by atoms with Crippen molar-refractivity contribution in [1.29, 1.82) is 0 Å². The van der Waals surface area contributed by atoms with E-state index in [9.17, 15) is 0 Å². The van der Waals surface area contributed by atoms with Gasteiger partial charge in [0.25, 0.3) is 0 Å². The van der Waals surface area contributed by atoms with E-state index < -0.39 is 0 Å². The summed E-state index contributed by atoms with van der Waals surface area (Å²) >= 11 is 0. The molecule has 0 aliphatic heterocycles. The Bertz CT molecular complexity index is 647. The predicted octanol–water partition coefficient (Wildman–Crippen LogP) is 6.11. The van der Waals surface area contributed by atoms with Crippen LogP contribution in [0.4, 0.5) is 17.1 Å². The topological polar surface area (TPSA) is 3.24 Å². The summed E-state index contributed by atoms with van der Waals surface area (Å²) in [5, 5.41) is 0. The fourth-order valence-corrected chi connectivity index (χ4v) is 2.70. The van der Waals surface area contributed by atoms with Crippen molar-refractivity contribution in [1.82, 2.24) is 0 Å². The van der Waals surface area contributed by atoms with Gasteiger partial charge in [-0.3, -0.25) is 0 Å². The van der Waals surface area contributed by atoms with Crippen LogP contribution >= 0.6 is 0 Å². The summed E-state index contributed by atoms with van der Waals surface area (Å²) in [6, 6.07) is 29.9. The molecule has 0 aliphatic carbocycles. The number of aryl methyl sites for hydroxylation is 1. The Morgan fingerprint density at radius 1 is 0.591 bits per heavy atom. The van der Waals surface area contributed by atoms with Crippen molar-refractivity contribution in [2.24, 2.45) is 0 Å². The second-order valence-corrected chi connectivity index (χ2v) is 5.42. The molecule has 110 valence electrons. The van der Waals surface area contributed by atoms with Crippen LogP contribution in [0.2, 0.25) is 0 Å². The summed E-state index contributed by atoms with van der Waals surface area (Å²) in [5.41, 5.74) is 4.94. The van der Waals surface area contributed by atoms with Gasteiger partial charge in [-0.05, 0) is 48.4 Å². The van der Waals surface area contributed by atoms with Gasteiger partial charge in [0, 0.05) is 17.1 Å². The summed E-state index contributed by atoms with van der Waals surface area (Å²) in [4.78, 5) is 2.29. The van der Waals surface area contributed by atoms with Crippen LogP contribution in [0.15, 0.2) is 84.9 Å². The third-order valence-corrected chi connectivity index (χ3v) is 3.76. The first kappa shape index (κ1) is 14.4. The highest BCUT2D eigenvalue weighted by Gasteiger charge is 2.11. The molecule has 0 fully saturated rings. The minimum Gasteiger partial charge on any atom is -0.311 e. The summed E-state index contributed by atoms with van der Waals surface area (Å²) in [6.07, 6.45) is 2.32. The Labute approximate surface area is 132 Å². The van der Waals surface area contributed by atoms with E-state index in [0.717, 1.165) is 6.42 Å². The monoisotopic (exact) mass is 287 g/mol. The van der Waals surface area contributed by atoms with Crippen molar-refractivity contribution < 1.29 is 0 Å². The maximum Gasteiger partial charge on any atom is 0.0461 e. The van der Waals surface area contributed by atoms with Crippen LogP contribution in [-0.2, 0) is 6.42 Å². The Balaban J connectivity index is 2.02. The van der Waals surface area contributed by atoms with Gasteiger partial charge in [0.1, 0.15) is 0 Å². The van der Waals surface area contributed by atoms with Crippen LogP contribution in [-0.4, -0.2) is 0 Å². The van der Waals surface area contributed by atoms with Crippen molar-refractivity contribution >= 4 is 17.1 Å². The lowest BCUT2D eigenvalue weighted by molar-refractivity contribution is 0.922. The maximum absolute atomic E-state index is 2.29. The van der Waals surface area contributed by atoms with Gasteiger partial charge >= 0.3 is 0 Å². The fourth-order valence-electron chi connectivity index (χ4n) is 2.70. The van der Waals surface area contributed by atoms with Gasteiger partial charge in [0.2, 0.25) is 0 Å². The van der Waals surface area contributed by atoms with Crippen molar-refractivity contribution in [2.75, 3.05) is 4.90 Å². The molecule has 3 aromatic carbocycles. The van der Waals surface area contributed by atoms with E-state index in [4.69, 9.17) is 0 Å². The Hall–Kier alpha value is -2.54. The van der Waals surface area contributed by atoms with Gasteiger partial charge in [-0.15, -0.1) is 0 Å². The van der Waals surface area contributed by atoms with Gasteiger partial charge in [-0.2, -0.15) is 0 Å². The predicted molar refractivity (Wildman–Crippen MR) is 95.1 cm³/mol. The Kier molecular flexibility index (Phi) is 4.55. The second kappa shape index (κ2) is 6.95. The summed E-state index contributed by atoms with van der Waals surface area (Å²) in [7, 11) is 0. The Morgan fingerprint density at radius 2 is 1.05 bits per heavy atom. The van der Waals surface area contributed by atoms with E-state index in [0.29, 0.717) is 0 Å². The summed E-state index contributed by atoms with van der Waals surface area (Å²) in [6.45, 7) is 2.22. The molecule has 0 spiro atoms. The molecule has 0 amide bonds. The standard InChI is InChI=1S/C21H21N/c1-2-9-18-14-16-21(17-15-18)22(19-10-5-3-6-11-19)20-12-7-4-8-13-20/h3-8,10-17H,2,9H2,1H3. The van der Waals surface area contributed by atoms with Crippen LogP contribution in [0.25, 0.3) is 0 Å². The minimum atomic E-state index is 1.14. The molecule has 1 nitrogen and oxygen atoms in total. The highest BCUT2D eigenvalue weighted by molar-refractivity contribution is 5.76. The average Bonchev–Trinajstić information content (AvgIpc) is 2.59. The van der Waals surface area contributed by atoms with E-state index in [1.807, 2.05) is 0 Å². The van der Waals surface area contributed by atoms with Crippen LogP contribution in [0, 0.1) is 0 Å². The minimum absolute atomic E-state index is 1.14. The number of nitrogens with zero attached hydrogens (tertiary/aromatic N) is 1. The molecule has 0 aromatic heterocycles. The number of hydrogen-bond donors (Lipinski definition) is 0. The van der Waals surface area contributed by atoms with E-state index in [1.165, 1.54) is 29.0 Å². The maximum atomic E-state index is 2.29. The van der Waals surface area contributed by atoms with E-state index in [2.05, 4.69) is 96.8 Å². The first-order valence-corrected chi connectivity index (χ1v) is 7.87. The molecule has 3 rings (SSSR count). The lowest BCUT2D eigenvalue weighted by atomic mass is 10.1. The number of rotatable bonds is 5. The molecule has 0 atom stereocenters. The van der Waals surface area contributed by atoms with Crippen molar-refractivity contribution in [3.8, 4) is 0 Å². The van der Waals surface area contributed by atoms with Crippen LogP contribution in [0.5, 0.6) is 0 Å². The third-order valence-electron chi connectivity index (χ3n) is 3.76. The van der Waals surface area contributed by atoms with Crippen molar-refractivity contribution in [2.45, 2.75) is 19.8 Å². The lowest BCUT2D eigenvalue weighted by Gasteiger charge is -2.25. The van der Waals surface area contributed by atoms with E-state index >= 15 is 0 Å². The molecular formula is C21H21N. The van der Waals surface area contributed by atoms with E-state index in [-0.39, 0.29) is 0 Å². The van der Waals surface area contributed by atoms with Gasteiger partial charge in [0.05, 0.1) is 0 Å². The molecule has 0 unspecified atom stereocenters. The number of hydrogen-bond acceptors (Lipinski definition) is 1. The molecule has 1 heteroatoms. The van der Waals surface area contributed by atoms with Crippen molar-refractivity contribution in [3.63, 3.8) is 0 Å². The molecule has 0 aliphatic rings. The largest absolute Gasteiger partial charge is 0.311 e. The van der Waals surface area contributed by atoms with Gasteiger partial charge in [0.15, 0.2) is 0 Å². The zero-order valence-corrected chi connectivity index (χ0v) is 12.9. The smallest absolute Gasteiger partial charge is 0.0461 e. The molecule has 3 aromatic rings. The molecule has 0 saturated heterocycles. The fraction of sp³-hybridized carbons (Fsp3) is 0.143. The molecule has 0 saturated carbocycles. The number of para-hydroxylation sites is 2. The average molecular weight is 287 g/mol. The lowest BCUT2D eigenvalue weighted by Crippen LogP contribution is -2.09. The first-order valence-electron chi connectivity index (χ1n) is 7.87. The highest BCUT2D eigenvalue weighted by Crippen LogP contribution is 2.34. The SMILES string of the molecule is CCCc1ccc(N(c2ccccc2)c2ccccc2)cc1. The summed E-state index contributed by atoms with van der Waals surface area (Å²) < 4.78 is 0. The Morgan fingerprint density at radius 3 is 1.50 bits per heavy atom. The van der Waals surface area contributed by atoms with Crippen LogP contribution in [0.1, 0.15) is 18.9 Å². The normalized spacial score (nSPS) is 10.4. The van der Waals surface area contributed by atoms with Gasteiger partial charge in [-0.1, -0.05) is 61.9 Å². The quantitative estimate of drug-likeness (QED) is 0.547. The zero-order chi connectivity index (χ0) is 15.2. The highest BCUT2D eigenvalue weighted by atomic mass is 15.1. The first-order chi connectivity index (χ1) is 10.9. The second-order valence-electron chi connectivity index (χ2n) is 5.42. The van der Waals surface area contributed by atoms with Crippen molar-refractivity contribution in [3.05, 3.63) is 90.5 Å². The van der Waals surface area contributed by atoms with Crippen LogP contribution < -0.4 is 4.90 Å². The molecule has 0 heterocycles. The molecule has 0 radical (unpaired) electrons. The molecule has 0 bridgehead atoms. The molecule has 0 N–H and O–H groups in total.